The van der Waals surface area contributed by atoms with Gasteiger partial charge in [0.05, 0.1) is 17.6 Å². The van der Waals surface area contributed by atoms with Crippen LogP contribution in [0, 0.1) is 11.3 Å². The number of nitrogens with zero attached hydrogens (tertiary/aromatic N) is 4. The molecule has 0 atom stereocenters. The van der Waals surface area contributed by atoms with Gasteiger partial charge in [0.15, 0.2) is 16.7 Å². The number of hydrogen-bond acceptors (Lipinski definition) is 7. The quantitative estimate of drug-likeness (QED) is 0.679. The normalized spacial score (nSPS) is 10.5. The number of aromatic nitrogens is 3. The Morgan fingerprint density at radius 2 is 2.38 bits per heavy atom. The lowest BCUT2D eigenvalue weighted by Gasteiger charge is -2.06. The summed E-state index contributed by atoms with van der Waals surface area (Å²) in [5.41, 5.74) is 0.468. The zero-order valence-electron chi connectivity index (χ0n) is 12.7. The molecule has 0 radical (unpaired) electrons. The van der Waals surface area contributed by atoms with Gasteiger partial charge in [-0.3, -0.25) is 9.36 Å². The Hall–Kier alpha value is -2.57. The summed E-state index contributed by atoms with van der Waals surface area (Å²) in [5.74, 6) is 1.26. The Labute approximate surface area is 146 Å². The van der Waals surface area contributed by atoms with Crippen molar-refractivity contribution in [2.45, 2.75) is 18.6 Å². The van der Waals surface area contributed by atoms with Crippen molar-refractivity contribution in [3.05, 3.63) is 35.4 Å². The minimum atomic E-state index is -0.191. The molecular formula is C15H13N5O2S2. The molecule has 0 saturated carbocycles. The van der Waals surface area contributed by atoms with E-state index in [1.807, 2.05) is 23.6 Å². The lowest BCUT2D eigenvalue weighted by molar-refractivity contribution is -0.113. The number of furan rings is 1. The molecule has 3 aromatic heterocycles. The van der Waals surface area contributed by atoms with Gasteiger partial charge in [-0.15, -0.1) is 21.5 Å². The van der Waals surface area contributed by atoms with Gasteiger partial charge in [-0.1, -0.05) is 11.8 Å². The van der Waals surface area contributed by atoms with E-state index in [2.05, 4.69) is 15.5 Å². The zero-order chi connectivity index (χ0) is 16.9. The van der Waals surface area contributed by atoms with Crippen LogP contribution in [0.3, 0.4) is 0 Å². The van der Waals surface area contributed by atoms with Crippen LogP contribution in [0.5, 0.6) is 0 Å². The van der Waals surface area contributed by atoms with Crippen LogP contribution in [0.4, 0.5) is 5.00 Å². The Kier molecular flexibility index (Phi) is 4.98. The fourth-order valence-corrected chi connectivity index (χ4v) is 3.61. The van der Waals surface area contributed by atoms with Crippen LogP contribution < -0.4 is 5.32 Å². The fourth-order valence-electron chi connectivity index (χ4n) is 2.06. The minimum Gasteiger partial charge on any atom is -0.461 e. The third-order valence-electron chi connectivity index (χ3n) is 3.15. The van der Waals surface area contributed by atoms with Crippen molar-refractivity contribution < 1.29 is 9.21 Å². The predicted octanol–water partition coefficient (Wildman–Crippen LogP) is 3.22. The van der Waals surface area contributed by atoms with Crippen molar-refractivity contribution >= 4 is 34.0 Å². The van der Waals surface area contributed by atoms with Crippen molar-refractivity contribution in [2.24, 2.45) is 0 Å². The van der Waals surface area contributed by atoms with Gasteiger partial charge in [-0.2, -0.15) is 5.26 Å². The number of rotatable bonds is 6. The maximum absolute atomic E-state index is 12.1. The van der Waals surface area contributed by atoms with Gasteiger partial charge in [0, 0.05) is 6.54 Å². The highest BCUT2D eigenvalue weighted by Gasteiger charge is 2.16. The molecule has 1 amide bonds. The molecule has 0 saturated heterocycles. The molecule has 3 aromatic rings. The summed E-state index contributed by atoms with van der Waals surface area (Å²) in [6, 6.07) is 7.33. The van der Waals surface area contributed by atoms with Crippen LogP contribution in [0.2, 0.25) is 0 Å². The molecule has 0 aliphatic heterocycles. The summed E-state index contributed by atoms with van der Waals surface area (Å²) < 4.78 is 7.25. The third-order valence-corrected chi connectivity index (χ3v) is 4.94. The second-order valence-electron chi connectivity index (χ2n) is 4.64. The predicted molar refractivity (Wildman–Crippen MR) is 91.8 cm³/mol. The van der Waals surface area contributed by atoms with Gasteiger partial charge in [0.2, 0.25) is 5.91 Å². The first-order valence-electron chi connectivity index (χ1n) is 7.10. The smallest absolute Gasteiger partial charge is 0.235 e. The van der Waals surface area contributed by atoms with E-state index < -0.39 is 0 Å². The van der Waals surface area contributed by atoms with Crippen molar-refractivity contribution in [3.63, 3.8) is 0 Å². The van der Waals surface area contributed by atoms with Crippen molar-refractivity contribution in [1.29, 1.82) is 5.26 Å². The highest BCUT2D eigenvalue weighted by molar-refractivity contribution is 7.99. The maximum atomic E-state index is 12.1. The second-order valence-corrected chi connectivity index (χ2v) is 6.50. The molecule has 0 spiro atoms. The van der Waals surface area contributed by atoms with E-state index in [-0.39, 0.29) is 11.7 Å². The van der Waals surface area contributed by atoms with Crippen molar-refractivity contribution in [1.82, 2.24) is 14.8 Å². The average Bonchev–Trinajstić information content (AvgIpc) is 3.32. The Morgan fingerprint density at radius 1 is 1.50 bits per heavy atom. The van der Waals surface area contributed by atoms with Crippen LogP contribution in [0.15, 0.2) is 39.4 Å². The number of nitriles is 1. The van der Waals surface area contributed by atoms with E-state index in [0.29, 0.717) is 33.9 Å². The Morgan fingerprint density at radius 3 is 3.08 bits per heavy atom. The Bertz CT molecular complexity index is 876. The number of thiophene rings is 1. The minimum absolute atomic E-state index is 0.180. The molecule has 7 nitrogen and oxygen atoms in total. The van der Waals surface area contributed by atoms with Gasteiger partial charge in [0.25, 0.3) is 0 Å². The first kappa shape index (κ1) is 16.3. The van der Waals surface area contributed by atoms with Gasteiger partial charge in [-0.25, -0.2) is 0 Å². The Balaban J connectivity index is 1.67. The molecular weight excluding hydrogens is 346 g/mol. The summed E-state index contributed by atoms with van der Waals surface area (Å²) in [7, 11) is 0. The summed E-state index contributed by atoms with van der Waals surface area (Å²) in [6.45, 7) is 2.64. The highest BCUT2D eigenvalue weighted by atomic mass is 32.2. The van der Waals surface area contributed by atoms with E-state index >= 15 is 0 Å². The van der Waals surface area contributed by atoms with E-state index in [9.17, 15) is 4.79 Å². The van der Waals surface area contributed by atoms with Crippen LogP contribution in [-0.4, -0.2) is 26.4 Å². The molecule has 0 bridgehead atoms. The molecule has 0 fully saturated rings. The number of nitrogens with one attached hydrogen (secondary N) is 1. The number of anilines is 1. The average molecular weight is 359 g/mol. The lowest BCUT2D eigenvalue weighted by Crippen LogP contribution is -2.14. The van der Waals surface area contributed by atoms with E-state index in [4.69, 9.17) is 9.68 Å². The largest absolute Gasteiger partial charge is 0.461 e. The molecule has 122 valence electrons. The number of hydrogen-bond donors (Lipinski definition) is 1. The first-order chi connectivity index (χ1) is 11.7. The summed E-state index contributed by atoms with van der Waals surface area (Å²) in [5, 5.41) is 22.9. The van der Waals surface area contributed by atoms with Gasteiger partial charge in [-0.05, 0) is 30.5 Å². The lowest BCUT2D eigenvalue weighted by atomic mass is 10.3. The van der Waals surface area contributed by atoms with Crippen LogP contribution in [-0.2, 0) is 11.3 Å². The zero-order valence-corrected chi connectivity index (χ0v) is 14.4. The van der Waals surface area contributed by atoms with E-state index in [1.54, 1.807) is 23.8 Å². The van der Waals surface area contributed by atoms with Crippen LogP contribution in [0.25, 0.3) is 11.6 Å². The maximum Gasteiger partial charge on any atom is 0.235 e. The van der Waals surface area contributed by atoms with Gasteiger partial charge in [0.1, 0.15) is 11.1 Å². The summed E-state index contributed by atoms with van der Waals surface area (Å²) in [6.07, 6.45) is 1.58. The van der Waals surface area contributed by atoms with Crippen molar-refractivity contribution in [2.75, 3.05) is 11.1 Å². The van der Waals surface area contributed by atoms with Crippen LogP contribution in [0.1, 0.15) is 12.5 Å². The molecule has 0 unspecified atom stereocenters. The highest BCUT2D eigenvalue weighted by Crippen LogP contribution is 2.25. The molecule has 3 heterocycles. The number of amides is 1. The SMILES string of the molecule is CCn1c(SCC(=O)Nc2sccc2C#N)nnc1-c1ccco1. The number of carbonyl (C=O) groups is 1. The summed E-state index contributed by atoms with van der Waals surface area (Å²) >= 11 is 2.62. The molecule has 24 heavy (non-hydrogen) atoms. The molecule has 3 rings (SSSR count). The first-order valence-corrected chi connectivity index (χ1v) is 8.96. The molecule has 0 aromatic carbocycles. The standard InChI is InChI=1S/C15H13N5O2S2/c1-2-20-13(11-4-3-6-22-11)18-19-15(20)24-9-12(21)17-14-10(8-16)5-7-23-14/h3-7H,2,9H2,1H3,(H,17,21). The second kappa shape index (κ2) is 7.33. The third kappa shape index (κ3) is 3.34. The fraction of sp³-hybridized carbons (Fsp3) is 0.200. The molecule has 1 N–H and O–H groups in total. The molecule has 9 heteroatoms. The summed E-state index contributed by atoms with van der Waals surface area (Å²) in [4.78, 5) is 12.1. The van der Waals surface area contributed by atoms with E-state index in [1.165, 1.54) is 23.1 Å². The van der Waals surface area contributed by atoms with Gasteiger partial charge >= 0.3 is 0 Å². The molecule has 0 aliphatic carbocycles. The van der Waals surface area contributed by atoms with Crippen molar-refractivity contribution in [3.8, 4) is 17.7 Å². The van der Waals surface area contributed by atoms with E-state index in [0.717, 1.165) is 0 Å². The number of thioether (sulfide) groups is 1. The molecule has 0 aliphatic rings. The van der Waals surface area contributed by atoms with Crippen LogP contribution >= 0.6 is 23.1 Å². The topological polar surface area (TPSA) is 96.7 Å². The number of carbonyl (C=O) groups excluding carboxylic acids is 1. The van der Waals surface area contributed by atoms with Gasteiger partial charge < -0.3 is 9.73 Å². The monoisotopic (exact) mass is 359 g/mol.